The first-order chi connectivity index (χ1) is 9.70. The molecule has 1 aliphatic carbocycles. The van der Waals surface area contributed by atoms with E-state index in [4.69, 9.17) is 14.6 Å². The summed E-state index contributed by atoms with van der Waals surface area (Å²) < 4.78 is 12.1. The Morgan fingerprint density at radius 1 is 1.30 bits per heavy atom. The molecule has 0 aromatic heterocycles. The fourth-order valence-corrected chi connectivity index (χ4v) is 2.67. The highest BCUT2D eigenvalue weighted by molar-refractivity contribution is 9.10. The molecule has 20 heavy (non-hydrogen) atoms. The molecule has 1 aromatic carbocycles. The normalized spacial score (nSPS) is 14.6. The number of halogens is 1. The molecule has 0 amide bonds. The monoisotopic (exact) mass is 343 g/mol. The Morgan fingerprint density at radius 2 is 2.10 bits per heavy atom. The summed E-state index contributed by atoms with van der Waals surface area (Å²) in [5.41, 5.74) is 2.29. The van der Waals surface area contributed by atoms with Crippen molar-refractivity contribution in [3.63, 3.8) is 0 Å². The molecule has 4 nitrogen and oxygen atoms in total. The molecular formula is C15H22BrNO3. The summed E-state index contributed by atoms with van der Waals surface area (Å²) in [4.78, 5) is 0. The number of hydrogen-bond acceptors (Lipinski definition) is 4. The Balaban J connectivity index is 1.92. The molecule has 1 fully saturated rings. The van der Waals surface area contributed by atoms with Gasteiger partial charge in [-0.25, -0.2) is 0 Å². The minimum absolute atomic E-state index is 0.0495. The van der Waals surface area contributed by atoms with Gasteiger partial charge in [-0.15, -0.1) is 0 Å². The Hall–Kier alpha value is -0.620. The first kappa shape index (κ1) is 15.8. The minimum Gasteiger partial charge on any atom is -0.491 e. The van der Waals surface area contributed by atoms with Gasteiger partial charge in [-0.05, 0) is 37.5 Å². The molecule has 1 aliphatic rings. The predicted octanol–water partition coefficient (Wildman–Crippen LogP) is 2.40. The highest BCUT2D eigenvalue weighted by Gasteiger charge is 2.21. The smallest absolute Gasteiger partial charge is 0.126 e. The summed E-state index contributed by atoms with van der Waals surface area (Å²) in [6.07, 6.45) is 2.55. The van der Waals surface area contributed by atoms with Gasteiger partial charge in [-0.2, -0.15) is 0 Å². The second-order valence-corrected chi connectivity index (χ2v) is 5.97. The van der Waals surface area contributed by atoms with Crippen LogP contribution in [0.2, 0.25) is 0 Å². The third kappa shape index (κ3) is 5.05. The van der Waals surface area contributed by atoms with Gasteiger partial charge < -0.3 is 19.9 Å². The van der Waals surface area contributed by atoms with Gasteiger partial charge in [0.25, 0.3) is 0 Å². The van der Waals surface area contributed by atoms with Crippen LogP contribution in [0.4, 0.5) is 0 Å². The summed E-state index contributed by atoms with van der Waals surface area (Å²) in [7, 11) is 0. The molecule has 0 aliphatic heterocycles. The van der Waals surface area contributed by atoms with Crippen LogP contribution in [-0.2, 0) is 11.3 Å². The van der Waals surface area contributed by atoms with Gasteiger partial charge in [0.15, 0.2) is 0 Å². The molecule has 1 aromatic rings. The molecule has 112 valence electrons. The van der Waals surface area contributed by atoms with Crippen molar-refractivity contribution in [2.24, 2.45) is 0 Å². The van der Waals surface area contributed by atoms with Crippen LogP contribution in [0.1, 0.15) is 24.0 Å². The predicted molar refractivity (Wildman–Crippen MR) is 82.1 cm³/mol. The average Bonchev–Trinajstić information content (AvgIpc) is 3.22. The van der Waals surface area contributed by atoms with E-state index in [1.807, 2.05) is 0 Å². The van der Waals surface area contributed by atoms with Crippen LogP contribution < -0.4 is 10.1 Å². The van der Waals surface area contributed by atoms with E-state index in [-0.39, 0.29) is 6.61 Å². The van der Waals surface area contributed by atoms with Gasteiger partial charge in [-0.3, -0.25) is 0 Å². The zero-order valence-corrected chi connectivity index (χ0v) is 13.4. The standard InChI is InChI=1S/C15H22BrNO3/c1-11-8-13(16)9-12(10-17-14-2-3-14)15(11)20-7-6-19-5-4-18/h8-9,14,17-18H,2-7,10H2,1H3. The number of aliphatic hydroxyl groups excluding tert-OH is 1. The third-order valence-corrected chi connectivity index (χ3v) is 3.64. The van der Waals surface area contributed by atoms with Crippen LogP contribution in [0.5, 0.6) is 5.75 Å². The summed E-state index contributed by atoms with van der Waals surface area (Å²) in [5.74, 6) is 0.939. The van der Waals surface area contributed by atoms with Crippen molar-refractivity contribution in [3.8, 4) is 5.75 Å². The second-order valence-electron chi connectivity index (χ2n) is 5.05. The average molecular weight is 344 g/mol. The first-order valence-corrected chi connectivity index (χ1v) is 7.84. The first-order valence-electron chi connectivity index (χ1n) is 7.04. The van der Waals surface area contributed by atoms with Crippen LogP contribution in [0.3, 0.4) is 0 Å². The topological polar surface area (TPSA) is 50.7 Å². The van der Waals surface area contributed by atoms with Crippen molar-refractivity contribution in [2.75, 3.05) is 26.4 Å². The van der Waals surface area contributed by atoms with E-state index in [0.717, 1.165) is 22.3 Å². The van der Waals surface area contributed by atoms with Gasteiger partial charge >= 0.3 is 0 Å². The molecule has 0 heterocycles. The lowest BCUT2D eigenvalue weighted by atomic mass is 10.1. The second kappa shape index (κ2) is 7.98. The Bertz CT molecular complexity index is 435. The highest BCUT2D eigenvalue weighted by Crippen LogP contribution is 2.29. The molecule has 0 saturated heterocycles. The molecule has 5 heteroatoms. The maximum absolute atomic E-state index is 8.65. The molecule has 1 saturated carbocycles. The van der Waals surface area contributed by atoms with E-state index in [1.165, 1.54) is 18.4 Å². The molecule has 2 N–H and O–H groups in total. The van der Waals surface area contributed by atoms with Crippen molar-refractivity contribution in [1.82, 2.24) is 5.32 Å². The number of aryl methyl sites for hydroxylation is 1. The largest absolute Gasteiger partial charge is 0.491 e. The number of rotatable bonds is 9. The van der Waals surface area contributed by atoms with Crippen LogP contribution in [0.25, 0.3) is 0 Å². The van der Waals surface area contributed by atoms with Crippen LogP contribution >= 0.6 is 15.9 Å². The molecule has 0 radical (unpaired) electrons. The van der Waals surface area contributed by atoms with Crippen LogP contribution in [-0.4, -0.2) is 37.6 Å². The lowest BCUT2D eigenvalue weighted by molar-refractivity contribution is 0.0701. The van der Waals surface area contributed by atoms with Crippen molar-refractivity contribution in [3.05, 3.63) is 27.7 Å². The zero-order valence-electron chi connectivity index (χ0n) is 11.8. The fraction of sp³-hybridized carbons (Fsp3) is 0.600. The minimum atomic E-state index is 0.0495. The van der Waals surface area contributed by atoms with E-state index in [9.17, 15) is 0 Å². The number of hydrogen-bond donors (Lipinski definition) is 2. The summed E-state index contributed by atoms with van der Waals surface area (Å²) >= 11 is 3.54. The number of nitrogens with one attached hydrogen (secondary N) is 1. The third-order valence-electron chi connectivity index (χ3n) is 3.18. The quantitative estimate of drug-likeness (QED) is 0.676. The lowest BCUT2D eigenvalue weighted by Gasteiger charge is -2.15. The molecule has 0 spiro atoms. The Kier molecular flexibility index (Phi) is 6.29. The lowest BCUT2D eigenvalue weighted by Crippen LogP contribution is -2.17. The van der Waals surface area contributed by atoms with Crippen molar-refractivity contribution in [1.29, 1.82) is 0 Å². The fourth-order valence-electron chi connectivity index (χ4n) is 2.05. The summed E-state index contributed by atoms with van der Waals surface area (Å²) in [5, 5.41) is 12.2. The van der Waals surface area contributed by atoms with Gasteiger partial charge in [-0.1, -0.05) is 15.9 Å². The SMILES string of the molecule is Cc1cc(Br)cc(CNC2CC2)c1OCCOCCO. The van der Waals surface area contributed by atoms with Crippen LogP contribution in [0, 0.1) is 6.92 Å². The summed E-state index contributed by atoms with van der Waals surface area (Å²) in [6.45, 7) is 4.28. The van der Waals surface area contributed by atoms with Gasteiger partial charge in [0.1, 0.15) is 12.4 Å². The van der Waals surface area contributed by atoms with E-state index >= 15 is 0 Å². The van der Waals surface area contributed by atoms with Crippen molar-refractivity contribution >= 4 is 15.9 Å². The summed E-state index contributed by atoms with van der Waals surface area (Å²) in [6, 6.07) is 4.84. The molecule has 2 rings (SSSR count). The Labute approximate surface area is 128 Å². The maximum Gasteiger partial charge on any atom is 0.126 e. The van der Waals surface area contributed by atoms with Gasteiger partial charge in [0.2, 0.25) is 0 Å². The van der Waals surface area contributed by atoms with E-state index in [0.29, 0.717) is 25.9 Å². The van der Waals surface area contributed by atoms with E-state index < -0.39 is 0 Å². The van der Waals surface area contributed by atoms with Gasteiger partial charge in [0, 0.05) is 22.6 Å². The van der Waals surface area contributed by atoms with Crippen LogP contribution in [0.15, 0.2) is 16.6 Å². The maximum atomic E-state index is 8.65. The van der Waals surface area contributed by atoms with Crippen molar-refractivity contribution < 1.29 is 14.6 Å². The molecular weight excluding hydrogens is 322 g/mol. The molecule has 0 bridgehead atoms. The number of benzene rings is 1. The highest BCUT2D eigenvalue weighted by atomic mass is 79.9. The van der Waals surface area contributed by atoms with Crippen molar-refractivity contribution in [2.45, 2.75) is 32.4 Å². The van der Waals surface area contributed by atoms with E-state index in [2.05, 4.69) is 40.3 Å². The number of aliphatic hydroxyl groups is 1. The number of ether oxygens (including phenoxy) is 2. The zero-order chi connectivity index (χ0) is 14.4. The van der Waals surface area contributed by atoms with Gasteiger partial charge in [0.05, 0.1) is 19.8 Å². The Morgan fingerprint density at radius 3 is 2.80 bits per heavy atom. The molecule has 0 unspecified atom stereocenters. The molecule has 0 atom stereocenters. The van der Waals surface area contributed by atoms with E-state index in [1.54, 1.807) is 0 Å².